The topological polar surface area (TPSA) is 115 Å². The number of esters is 1. The zero-order chi connectivity index (χ0) is 28.1. The minimum atomic E-state index is -1.01. The Kier molecular flexibility index (Phi) is 8.65. The fourth-order valence-electron chi connectivity index (χ4n) is 4.24. The van der Waals surface area contributed by atoms with E-state index in [1.165, 1.54) is 4.90 Å². The summed E-state index contributed by atoms with van der Waals surface area (Å²) in [5, 5.41) is 11.5. The van der Waals surface area contributed by atoms with Crippen LogP contribution in [-0.4, -0.2) is 47.6 Å². The third-order valence-corrected chi connectivity index (χ3v) is 7.12. The number of ketones is 1. The van der Waals surface area contributed by atoms with Crippen LogP contribution in [0, 0.1) is 6.92 Å². The maximum atomic E-state index is 13.5. The van der Waals surface area contributed by atoms with Crippen LogP contribution in [0.25, 0.3) is 5.76 Å². The summed E-state index contributed by atoms with van der Waals surface area (Å²) in [7, 11) is 0. The summed E-state index contributed by atoms with van der Waals surface area (Å²) in [5.74, 6) is -1.45. The van der Waals surface area contributed by atoms with Gasteiger partial charge < -0.3 is 19.3 Å². The standard InChI is InChI=1S/C29H30N2O7S/c1-5-15-38-20-13-11-18(12-14-20)24(32)22-23(19-9-8-10-21(16-19)36-6-2)31(27(34)25(22)33)29-30-17(4)26(39-29)28(35)37-7-3/h8-14,16,23,32H,5-7,15H2,1-4H3/b24-22+. The normalized spacial score (nSPS) is 16.4. The van der Waals surface area contributed by atoms with E-state index in [-0.39, 0.29) is 27.9 Å². The molecule has 2 heterocycles. The fourth-order valence-corrected chi connectivity index (χ4v) is 5.23. The van der Waals surface area contributed by atoms with Gasteiger partial charge in [-0.2, -0.15) is 0 Å². The molecule has 9 nitrogen and oxygen atoms in total. The fraction of sp³-hybridized carbons (Fsp3) is 0.310. The Bertz CT molecular complexity index is 1410. The number of aliphatic hydroxyl groups excluding tert-OH is 1. The number of rotatable bonds is 10. The summed E-state index contributed by atoms with van der Waals surface area (Å²) in [5.41, 5.74) is 1.17. The highest BCUT2D eigenvalue weighted by molar-refractivity contribution is 7.17. The first-order chi connectivity index (χ1) is 18.8. The first-order valence-corrected chi connectivity index (χ1v) is 13.5. The summed E-state index contributed by atoms with van der Waals surface area (Å²) in [6, 6.07) is 12.6. The molecule has 204 valence electrons. The van der Waals surface area contributed by atoms with Crippen LogP contribution in [0.4, 0.5) is 5.13 Å². The molecule has 3 aromatic rings. The second-order valence-corrected chi connectivity index (χ2v) is 9.66. The number of hydrogen-bond acceptors (Lipinski definition) is 9. The van der Waals surface area contributed by atoms with Crippen LogP contribution in [0.2, 0.25) is 0 Å². The molecule has 1 aromatic heterocycles. The van der Waals surface area contributed by atoms with Gasteiger partial charge in [0.1, 0.15) is 22.1 Å². The molecule has 39 heavy (non-hydrogen) atoms. The molecule has 0 aliphatic carbocycles. The predicted octanol–water partition coefficient (Wildman–Crippen LogP) is 5.44. The number of aryl methyl sites for hydroxylation is 1. The zero-order valence-corrected chi connectivity index (χ0v) is 23.0. The van der Waals surface area contributed by atoms with Gasteiger partial charge in [0, 0.05) is 5.56 Å². The maximum absolute atomic E-state index is 13.5. The van der Waals surface area contributed by atoms with E-state index in [0.29, 0.717) is 41.5 Å². The number of aliphatic hydroxyl groups is 1. The van der Waals surface area contributed by atoms with Crippen molar-refractivity contribution in [3.63, 3.8) is 0 Å². The highest BCUT2D eigenvalue weighted by atomic mass is 32.1. The van der Waals surface area contributed by atoms with Crippen LogP contribution in [0.3, 0.4) is 0 Å². The lowest BCUT2D eigenvalue weighted by atomic mass is 9.95. The van der Waals surface area contributed by atoms with Gasteiger partial charge in [-0.1, -0.05) is 30.4 Å². The van der Waals surface area contributed by atoms with Gasteiger partial charge in [0.2, 0.25) is 0 Å². The number of benzene rings is 2. The SMILES string of the molecule is CCCOc1ccc(/C(O)=C2\C(=O)C(=O)N(c3nc(C)c(C(=O)OCC)s3)C2c2cccc(OCC)c2)cc1. The number of thiazole rings is 1. The van der Waals surface area contributed by atoms with Crippen molar-refractivity contribution in [3.05, 3.63) is 75.8 Å². The number of anilines is 1. The third-order valence-electron chi connectivity index (χ3n) is 5.98. The molecule has 1 atom stereocenters. The smallest absolute Gasteiger partial charge is 0.350 e. The van der Waals surface area contributed by atoms with Gasteiger partial charge in [-0.3, -0.25) is 14.5 Å². The van der Waals surface area contributed by atoms with Crippen LogP contribution in [0.15, 0.2) is 54.1 Å². The molecule has 0 bridgehead atoms. The van der Waals surface area contributed by atoms with Crippen molar-refractivity contribution in [2.75, 3.05) is 24.7 Å². The summed E-state index contributed by atoms with van der Waals surface area (Å²) >= 11 is 0.958. The molecule has 0 spiro atoms. The summed E-state index contributed by atoms with van der Waals surface area (Å²) < 4.78 is 16.4. The highest BCUT2D eigenvalue weighted by Crippen LogP contribution is 2.44. The monoisotopic (exact) mass is 550 g/mol. The van der Waals surface area contributed by atoms with E-state index in [9.17, 15) is 19.5 Å². The molecule has 1 unspecified atom stereocenters. The number of nitrogens with zero attached hydrogens (tertiary/aromatic N) is 2. The van der Waals surface area contributed by atoms with Gasteiger partial charge in [-0.25, -0.2) is 9.78 Å². The molecule has 0 radical (unpaired) electrons. The molecule has 1 aliphatic rings. The summed E-state index contributed by atoms with van der Waals surface area (Å²) in [4.78, 5) is 45.3. The number of amides is 1. The van der Waals surface area contributed by atoms with Crippen LogP contribution in [0.1, 0.15) is 59.7 Å². The quantitative estimate of drug-likeness (QED) is 0.154. The lowest BCUT2D eigenvalue weighted by molar-refractivity contribution is -0.132. The predicted molar refractivity (Wildman–Crippen MR) is 147 cm³/mol. The van der Waals surface area contributed by atoms with Crippen LogP contribution >= 0.6 is 11.3 Å². The second kappa shape index (κ2) is 12.1. The van der Waals surface area contributed by atoms with E-state index in [4.69, 9.17) is 14.2 Å². The number of Topliss-reactive ketones (excluding diaryl/α,β-unsaturated/α-hetero) is 1. The van der Waals surface area contributed by atoms with E-state index >= 15 is 0 Å². The second-order valence-electron chi connectivity index (χ2n) is 8.68. The van der Waals surface area contributed by atoms with Crippen molar-refractivity contribution < 1.29 is 33.7 Å². The molecular formula is C29H30N2O7S. The molecular weight excluding hydrogens is 520 g/mol. The van der Waals surface area contributed by atoms with Gasteiger partial charge in [0.05, 0.1) is 37.1 Å². The highest BCUT2D eigenvalue weighted by Gasteiger charge is 2.48. The molecule has 1 aliphatic heterocycles. The lowest BCUT2D eigenvalue weighted by Crippen LogP contribution is -2.29. The van der Waals surface area contributed by atoms with Gasteiger partial charge in [0.25, 0.3) is 5.78 Å². The van der Waals surface area contributed by atoms with Crippen molar-refractivity contribution in [1.29, 1.82) is 0 Å². The average Bonchev–Trinajstić information content (AvgIpc) is 3.44. The average molecular weight is 551 g/mol. The lowest BCUT2D eigenvalue weighted by Gasteiger charge is -2.23. The molecule has 2 aromatic carbocycles. The molecule has 1 saturated heterocycles. The Labute approximate surface area is 230 Å². The Morgan fingerprint density at radius 2 is 1.77 bits per heavy atom. The van der Waals surface area contributed by atoms with Gasteiger partial charge in [0.15, 0.2) is 5.13 Å². The van der Waals surface area contributed by atoms with Crippen molar-refractivity contribution in [2.45, 2.75) is 40.2 Å². The van der Waals surface area contributed by atoms with Crippen LogP contribution in [-0.2, 0) is 14.3 Å². The van der Waals surface area contributed by atoms with Crippen molar-refractivity contribution in [2.24, 2.45) is 0 Å². The van der Waals surface area contributed by atoms with Crippen molar-refractivity contribution in [3.8, 4) is 11.5 Å². The summed E-state index contributed by atoms with van der Waals surface area (Å²) in [6.45, 7) is 8.33. The number of hydrogen-bond donors (Lipinski definition) is 1. The van der Waals surface area contributed by atoms with Crippen LogP contribution in [0.5, 0.6) is 11.5 Å². The third kappa shape index (κ3) is 5.65. The Morgan fingerprint density at radius 3 is 2.44 bits per heavy atom. The molecule has 1 N–H and O–H groups in total. The van der Waals surface area contributed by atoms with E-state index in [1.807, 2.05) is 13.8 Å². The number of carbonyl (C=O) groups excluding carboxylic acids is 3. The minimum Gasteiger partial charge on any atom is -0.507 e. The number of carbonyl (C=O) groups is 3. The summed E-state index contributed by atoms with van der Waals surface area (Å²) in [6.07, 6.45) is 0.847. The van der Waals surface area contributed by atoms with Gasteiger partial charge in [-0.15, -0.1) is 0 Å². The number of ether oxygens (including phenoxy) is 3. The van der Waals surface area contributed by atoms with E-state index in [0.717, 1.165) is 17.8 Å². The van der Waals surface area contributed by atoms with E-state index < -0.39 is 23.7 Å². The van der Waals surface area contributed by atoms with Crippen molar-refractivity contribution >= 4 is 39.9 Å². The number of aromatic nitrogens is 1. The van der Waals surface area contributed by atoms with Crippen LogP contribution < -0.4 is 14.4 Å². The Morgan fingerprint density at radius 1 is 1.03 bits per heavy atom. The Balaban J connectivity index is 1.86. The zero-order valence-electron chi connectivity index (χ0n) is 22.2. The molecule has 10 heteroatoms. The largest absolute Gasteiger partial charge is 0.507 e. The van der Waals surface area contributed by atoms with Gasteiger partial charge in [-0.05, 0) is 69.2 Å². The first kappa shape index (κ1) is 27.8. The van der Waals surface area contributed by atoms with Gasteiger partial charge >= 0.3 is 11.9 Å². The molecule has 1 fully saturated rings. The first-order valence-electron chi connectivity index (χ1n) is 12.7. The molecule has 1 amide bonds. The van der Waals surface area contributed by atoms with Crippen molar-refractivity contribution in [1.82, 2.24) is 4.98 Å². The van der Waals surface area contributed by atoms with E-state index in [2.05, 4.69) is 4.98 Å². The molecule has 4 rings (SSSR count). The molecule has 0 saturated carbocycles. The van der Waals surface area contributed by atoms with E-state index in [1.54, 1.807) is 62.4 Å². The maximum Gasteiger partial charge on any atom is 0.350 e. The Hall–Kier alpha value is -4.18. The minimum absolute atomic E-state index is 0.0959.